The van der Waals surface area contributed by atoms with Gasteiger partial charge in [-0.2, -0.15) is 5.26 Å². The molecule has 0 amide bonds. The second kappa shape index (κ2) is 4.46. The van der Waals surface area contributed by atoms with Crippen molar-refractivity contribution in [3.63, 3.8) is 0 Å². The molecule has 0 bridgehead atoms. The van der Waals surface area contributed by atoms with Crippen LogP contribution in [0.2, 0.25) is 0 Å². The van der Waals surface area contributed by atoms with Crippen LogP contribution >= 0.6 is 0 Å². The molecule has 0 saturated carbocycles. The normalized spacial score (nSPS) is 13.8. The number of aryl methyl sites for hydroxylation is 1. The van der Waals surface area contributed by atoms with Gasteiger partial charge >= 0.3 is 0 Å². The highest BCUT2D eigenvalue weighted by molar-refractivity contribution is 5.63. The van der Waals surface area contributed by atoms with E-state index in [0.717, 1.165) is 25.1 Å². The molecule has 1 aliphatic rings. The van der Waals surface area contributed by atoms with Gasteiger partial charge in [-0.25, -0.2) is 9.97 Å². The van der Waals surface area contributed by atoms with Crippen molar-refractivity contribution >= 4 is 11.6 Å². The molecule has 1 aromatic heterocycles. The van der Waals surface area contributed by atoms with Crippen LogP contribution in [0.15, 0.2) is 36.5 Å². The van der Waals surface area contributed by atoms with Crippen molar-refractivity contribution in [2.24, 2.45) is 0 Å². The van der Waals surface area contributed by atoms with Crippen molar-refractivity contribution < 1.29 is 0 Å². The minimum absolute atomic E-state index is 0.406. The lowest BCUT2D eigenvalue weighted by atomic mass is 10.0. The largest absolute Gasteiger partial charge is 0.310 e. The number of rotatable bonds is 1. The maximum absolute atomic E-state index is 8.90. The lowest BCUT2D eigenvalue weighted by Crippen LogP contribution is -2.26. The fourth-order valence-corrected chi connectivity index (χ4v) is 2.28. The molecule has 2 heterocycles. The molecule has 0 aliphatic carbocycles. The summed E-state index contributed by atoms with van der Waals surface area (Å²) in [6, 6.07) is 12.0. The van der Waals surface area contributed by atoms with E-state index >= 15 is 0 Å². The van der Waals surface area contributed by atoms with Crippen molar-refractivity contribution in [1.29, 1.82) is 5.26 Å². The number of anilines is 2. The predicted octanol–water partition coefficient (Wildman–Crippen LogP) is 2.43. The van der Waals surface area contributed by atoms with Gasteiger partial charge in [0.1, 0.15) is 11.8 Å². The molecule has 2 aromatic rings. The summed E-state index contributed by atoms with van der Waals surface area (Å²) in [6.07, 6.45) is 3.81. The van der Waals surface area contributed by atoms with E-state index in [0.29, 0.717) is 11.6 Å². The third-order valence-electron chi connectivity index (χ3n) is 3.11. The van der Waals surface area contributed by atoms with Gasteiger partial charge in [0.15, 0.2) is 0 Å². The van der Waals surface area contributed by atoms with Gasteiger partial charge in [-0.05, 0) is 30.5 Å². The van der Waals surface area contributed by atoms with Crippen LogP contribution in [0.4, 0.5) is 11.6 Å². The minimum atomic E-state index is 0.406. The van der Waals surface area contributed by atoms with Crippen LogP contribution in [0.25, 0.3) is 0 Å². The van der Waals surface area contributed by atoms with Crippen molar-refractivity contribution in [3.05, 3.63) is 47.8 Å². The number of fused-ring (bicyclic) bond motifs is 1. The van der Waals surface area contributed by atoms with Gasteiger partial charge in [-0.3, -0.25) is 0 Å². The first-order chi connectivity index (χ1) is 8.88. The maximum Gasteiger partial charge on any atom is 0.231 e. The first kappa shape index (κ1) is 10.7. The van der Waals surface area contributed by atoms with E-state index in [2.05, 4.69) is 39.1 Å². The van der Waals surface area contributed by atoms with Crippen molar-refractivity contribution in [3.8, 4) is 6.07 Å². The molecule has 0 spiro atoms. The Morgan fingerprint density at radius 2 is 2.11 bits per heavy atom. The molecule has 0 atom stereocenters. The molecule has 1 aromatic carbocycles. The molecular formula is C14H12N4. The summed E-state index contributed by atoms with van der Waals surface area (Å²) in [4.78, 5) is 10.6. The Labute approximate surface area is 106 Å². The van der Waals surface area contributed by atoms with Gasteiger partial charge in [-0.15, -0.1) is 0 Å². The summed E-state index contributed by atoms with van der Waals surface area (Å²) in [5.41, 5.74) is 2.87. The number of hydrogen-bond donors (Lipinski definition) is 0. The van der Waals surface area contributed by atoms with E-state index in [9.17, 15) is 0 Å². The molecule has 18 heavy (non-hydrogen) atoms. The van der Waals surface area contributed by atoms with Gasteiger partial charge in [-0.1, -0.05) is 18.2 Å². The highest BCUT2D eigenvalue weighted by Gasteiger charge is 2.19. The molecule has 3 rings (SSSR count). The third-order valence-corrected chi connectivity index (χ3v) is 3.11. The summed E-state index contributed by atoms with van der Waals surface area (Å²) >= 11 is 0. The fourth-order valence-electron chi connectivity index (χ4n) is 2.28. The van der Waals surface area contributed by atoms with Crippen LogP contribution in [0.1, 0.15) is 17.7 Å². The summed E-state index contributed by atoms with van der Waals surface area (Å²) in [5.74, 6) is 0.612. The molecule has 0 saturated heterocycles. The fraction of sp³-hybridized carbons (Fsp3) is 0.214. The van der Waals surface area contributed by atoms with Gasteiger partial charge in [0.05, 0.1) is 0 Å². The summed E-state index contributed by atoms with van der Waals surface area (Å²) in [7, 11) is 0. The summed E-state index contributed by atoms with van der Waals surface area (Å²) < 4.78 is 0. The van der Waals surface area contributed by atoms with Crippen LogP contribution in [-0.4, -0.2) is 16.5 Å². The zero-order chi connectivity index (χ0) is 12.4. The Bertz CT molecular complexity index is 615. The topological polar surface area (TPSA) is 52.8 Å². The second-order valence-corrected chi connectivity index (χ2v) is 4.24. The van der Waals surface area contributed by atoms with Gasteiger partial charge < -0.3 is 4.90 Å². The maximum atomic E-state index is 8.90. The highest BCUT2D eigenvalue weighted by atomic mass is 15.3. The van der Waals surface area contributed by atoms with Crippen LogP contribution in [-0.2, 0) is 6.42 Å². The average Bonchev–Trinajstić information content (AvgIpc) is 2.47. The number of para-hydroxylation sites is 1. The molecule has 0 fully saturated rings. The average molecular weight is 236 g/mol. The van der Waals surface area contributed by atoms with Crippen LogP contribution < -0.4 is 4.90 Å². The Morgan fingerprint density at radius 3 is 3.00 bits per heavy atom. The molecule has 0 N–H and O–H groups in total. The molecular weight excluding hydrogens is 224 g/mol. The number of nitriles is 1. The second-order valence-electron chi connectivity index (χ2n) is 4.24. The highest BCUT2D eigenvalue weighted by Crippen LogP contribution is 2.30. The van der Waals surface area contributed by atoms with Crippen molar-refractivity contribution in [2.45, 2.75) is 12.8 Å². The first-order valence-electron chi connectivity index (χ1n) is 5.97. The monoisotopic (exact) mass is 236 g/mol. The van der Waals surface area contributed by atoms with Crippen LogP contribution in [0.3, 0.4) is 0 Å². The third kappa shape index (κ3) is 1.80. The lowest BCUT2D eigenvalue weighted by Gasteiger charge is -2.29. The molecule has 4 heteroatoms. The number of nitrogens with zero attached hydrogens (tertiary/aromatic N) is 4. The quantitative estimate of drug-likeness (QED) is 0.763. The van der Waals surface area contributed by atoms with E-state index in [1.807, 2.05) is 6.07 Å². The Kier molecular flexibility index (Phi) is 2.66. The van der Waals surface area contributed by atoms with Crippen molar-refractivity contribution in [2.75, 3.05) is 11.4 Å². The van der Waals surface area contributed by atoms with E-state index in [1.54, 1.807) is 12.3 Å². The smallest absolute Gasteiger partial charge is 0.231 e. The summed E-state index contributed by atoms with van der Waals surface area (Å²) in [6.45, 7) is 0.895. The molecule has 0 radical (unpaired) electrons. The predicted molar refractivity (Wildman–Crippen MR) is 68.5 cm³/mol. The molecule has 0 unspecified atom stereocenters. The summed E-state index contributed by atoms with van der Waals surface area (Å²) in [5, 5.41) is 8.90. The Balaban J connectivity index is 2.06. The zero-order valence-corrected chi connectivity index (χ0v) is 9.87. The number of benzene rings is 1. The van der Waals surface area contributed by atoms with Gasteiger partial charge in [0, 0.05) is 18.4 Å². The van der Waals surface area contributed by atoms with E-state index in [4.69, 9.17) is 5.26 Å². The lowest BCUT2D eigenvalue weighted by molar-refractivity contribution is 0.749. The van der Waals surface area contributed by atoms with Crippen LogP contribution in [0, 0.1) is 11.3 Å². The van der Waals surface area contributed by atoms with E-state index in [-0.39, 0.29) is 0 Å². The molecule has 1 aliphatic heterocycles. The zero-order valence-electron chi connectivity index (χ0n) is 9.87. The van der Waals surface area contributed by atoms with Crippen molar-refractivity contribution in [1.82, 2.24) is 9.97 Å². The molecule has 4 nitrogen and oxygen atoms in total. The number of aromatic nitrogens is 2. The van der Waals surface area contributed by atoms with E-state index < -0.39 is 0 Å². The van der Waals surface area contributed by atoms with Gasteiger partial charge in [0.2, 0.25) is 5.95 Å². The standard InChI is InChI=1S/C14H12N4/c15-10-12-7-8-16-14(17-12)18-9-3-5-11-4-1-2-6-13(11)18/h1-2,4,6-8H,3,5,9H2. The Morgan fingerprint density at radius 1 is 1.22 bits per heavy atom. The SMILES string of the molecule is N#Cc1ccnc(N2CCCc3ccccc32)n1. The van der Waals surface area contributed by atoms with Gasteiger partial charge in [0.25, 0.3) is 0 Å². The molecule has 88 valence electrons. The van der Waals surface area contributed by atoms with Crippen LogP contribution in [0.5, 0.6) is 0 Å². The Hall–Kier alpha value is -2.41. The first-order valence-corrected chi connectivity index (χ1v) is 5.97. The van der Waals surface area contributed by atoms with E-state index in [1.165, 1.54) is 5.56 Å². The number of hydrogen-bond acceptors (Lipinski definition) is 4. The minimum Gasteiger partial charge on any atom is -0.310 e.